The lowest BCUT2D eigenvalue weighted by molar-refractivity contribution is 0.666. The van der Waals surface area contributed by atoms with Crippen LogP contribution in [0.4, 0.5) is 0 Å². The maximum absolute atomic E-state index is 2.47. The molecule has 56 heavy (non-hydrogen) atoms. The van der Waals surface area contributed by atoms with E-state index in [4.69, 9.17) is 0 Å². The number of fused-ring (bicyclic) bond motifs is 12. The third-order valence-corrected chi connectivity index (χ3v) is 13.8. The largest absolute Gasteiger partial charge is 0.135 e. The molecule has 0 aliphatic heterocycles. The van der Waals surface area contributed by atoms with Gasteiger partial charge < -0.3 is 0 Å². The molecule has 1 aromatic heterocycles. The quantitative estimate of drug-likeness (QED) is 0.159. The number of thiophene rings is 1. The molecule has 0 unspecified atom stereocenters. The summed E-state index contributed by atoms with van der Waals surface area (Å²) in [6, 6.07) is 68.1. The van der Waals surface area contributed by atoms with E-state index in [1.54, 1.807) is 0 Å². The highest BCUT2D eigenvalue weighted by molar-refractivity contribution is 7.26. The van der Waals surface area contributed by atoms with Crippen molar-refractivity contribution in [2.45, 2.75) is 19.3 Å². The molecular formula is C55H36S. The molecule has 0 saturated carbocycles. The van der Waals surface area contributed by atoms with Gasteiger partial charge in [-0.2, -0.15) is 0 Å². The van der Waals surface area contributed by atoms with Crippen molar-refractivity contribution in [3.05, 3.63) is 193 Å². The zero-order chi connectivity index (χ0) is 37.1. The summed E-state index contributed by atoms with van der Waals surface area (Å²) in [4.78, 5) is 0. The minimum Gasteiger partial charge on any atom is -0.135 e. The summed E-state index contributed by atoms with van der Waals surface area (Å²) >= 11 is 1.90. The van der Waals surface area contributed by atoms with Crippen LogP contribution in [0.1, 0.15) is 25.0 Å². The first-order valence-electron chi connectivity index (χ1n) is 19.6. The zero-order valence-electron chi connectivity index (χ0n) is 31.2. The molecule has 10 aromatic carbocycles. The van der Waals surface area contributed by atoms with Crippen molar-refractivity contribution in [1.82, 2.24) is 0 Å². The van der Waals surface area contributed by atoms with Gasteiger partial charge in [0.2, 0.25) is 0 Å². The average Bonchev–Trinajstić information content (AvgIpc) is 3.74. The van der Waals surface area contributed by atoms with E-state index in [0.29, 0.717) is 0 Å². The van der Waals surface area contributed by atoms with Gasteiger partial charge in [0.15, 0.2) is 0 Å². The van der Waals surface area contributed by atoms with Crippen LogP contribution in [0.15, 0.2) is 182 Å². The van der Waals surface area contributed by atoms with E-state index in [1.165, 1.54) is 119 Å². The number of benzene rings is 10. The van der Waals surface area contributed by atoms with Crippen molar-refractivity contribution >= 4 is 74.6 Å². The van der Waals surface area contributed by atoms with Crippen molar-refractivity contribution < 1.29 is 0 Å². The fourth-order valence-electron chi connectivity index (χ4n) is 10.2. The summed E-state index contributed by atoms with van der Waals surface area (Å²) in [5.74, 6) is 0. The van der Waals surface area contributed by atoms with Gasteiger partial charge in [0.05, 0.1) is 0 Å². The summed E-state index contributed by atoms with van der Waals surface area (Å²) in [5, 5.41) is 13.1. The molecule has 1 aliphatic rings. The Hall–Kier alpha value is -6.54. The zero-order valence-corrected chi connectivity index (χ0v) is 32.0. The standard InChI is InChI=1S/C55H36S/c1-55(2)48-30-24-34(32-47(48)45-28-27-43-44(54(45)55)29-31-50-53(43)46-22-12-13-23-49(46)56-50)35-25-26-42(37-17-7-6-16-36(35)37)52-40-20-10-8-18-38(40)51(33-14-4-3-5-15-33)39-19-9-11-21-41(39)52/h3-32H,1-2H3. The number of rotatable bonds is 3. The van der Waals surface area contributed by atoms with E-state index < -0.39 is 0 Å². The van der Waals surface area contributed by atoms with Crippen LogP contribution in [0.2, 0.25) is 0 Å². The van der Waals surface area contributed by atoms with E-state index in [9.17, 15) is 0 Å². The lowest BCUT2D eigenvalue weighted by Gasteiger charge is -2.23. The average molecular weight is 729 g/mol. The molecule has 0 amide bonds. The molecule has 0 atom stereocenters. The highest BCUT2D eigenvalue weighted by Gasteiger charge is 2.37. The van der Waals surface area contributed by atoms with Crippen LogP contribution in [0.25, 0.3) is 108 Å². The summed E-state index contributed by atoms with van der Waals surface area (Å²) in [6.45, 7) is 4.82. The summed E-state index contributed by atoms with van der Waals surface area (Å²) in [6.07, 6.45) is 0. The molecule has 0 saturated heterocycles. The minimum atomic E-state index is -0.123. The smallest absolute Gasteiger partial charge is 0.0361 e. The van der Waals surface area contributed by atoms with Gasteiger partial charge in [0, 0.05) is 25.6 Å². The van der Waals surface area contributed by atoms with Gasteiger partial charge in [-0.15, -0.1) is 11.3 Å². The number of hydrogen-bond acceptors (Lipinski definition) is 1. The van der Waals surface area contributed by atoms with Gasteiger partial charge in [-0.25, -0.2) is 0 Å². The van der Waals surface area contributed by atoms with E-state index >= 15 is 0 Å². The third kappa shape index (κ3) is 4.35. The van der Waals surface area contributed by atoms with Gasteiger partial charge in [-0.1, -0.05) is 178 Å². The molecule has 1 heteroatoms. The van der Waals surface area contributed by atoms with Crippen LogP contribution in [-0.2, 0) is 5.41 Å². The number of hydrogen-bond donors (Lipinski definition) is 0. The van der Waals surface area contributed by atoms with Crippen LogP contribution < -0.4 is 0 Å². The maximum Gasteiger partial charge on any atom is 0.0361 e. The normalized spacial score (nSPS) is 13.3. The Morgan fingerprint density at radius 2 is 0.893 bits per heavy atom. The Labute approximate surface area is 329 Å². The topological polar surface area (TPSA) is 0 Å². The Kier molecular flexibility index (Phi) is 6.66. The molecule has 262 valence electrons. The van der Waals surface area contributed by atoms with Gasteiger partial charge >= 0.3 is 0 Å². The van der Waals surface area contributed by atoms with Gasteiger partial charge in [0.1, 0.15) is 0 Å². The molecule has 0 radical (unpaired) electrons. The molecule has 1 heterocycles. The fourth-order valence-corrected chi connectivity index (χ4v) is 11.4. The molecule has 12 rings (SSSR count). The van der Waals surface area contributed by atoms with E-state index in [2.05, 4.69) is 196 Å². The van der Waals surface area contributed by atoms with Crippen LogP contribution in [0.5, 0.6) is 0 Å². The Bertz CT molecular complexity index is 3380. The first-order chi connectivity index (χ1) is 27.6. The van der Waals surface area contributed by atoms with Crippen LogP contribution in [0, 0.1) is 0 Å². The molecule has 0 nitrogen and oxygen atoms in total. The van der Waals surface area contributed by atoms with Crippen molar-refractivity contribution in [2.24, 2.45) is 0 Å². The fraction of sp³-hybridized carbons (Fsp3) is 0.0545. The van der Waals surface area contributed by atoms with Crippen LogP contribution in [0.3, 0.4) is 0 Å². The van der Waals surface area contributed by atoms with Gasteiger partial charge in [-0.3, -0.25) is 0 Å². The van der Waals surface area contributed by atoms with Crippen molar-refractivity contribution in [1.29, 1.82) is 0 Å². The summed E-state index contributed by atoms with van der Waals surface area (Å²) < 4.78 is 2.71. The Morgan fingerprint density at radius 3 is 1.61 bits per heavy atom. The van der Waals surface area contributed by atoms with Crippen LogP contribution in [-0.4, -0.2) is 0 Å². The molecule has 0 fully saturated rings. The second-order valence-corrected chi connectivity index (χ2v) is 17.0. The lowest BCUT2D eigenvalue weighted by atomic mass is 9.79. The summed E-state index contributed by atoms with van der Waals surface area (Å²) in [5.41, 5.74) is 13.0. The van der Waals surface area contributed by atoms with Gasteiger partial charge in [-0.05, 0) is 117 Å². The molecule has 0 bridgehead atoms. The van der Waals surface area contributed by atoms with E-state index in [1.807, 2.05) is 11.3 Å². The SMILES string of the molecule is CC1(C)c2ccc(-c3ccc(-c4c5ccccc5c(-c5ccccc5)c5ccccc45)c4ccccc34)cc2-c2ccc3c(ccc4sc5ccccc5c43)c21. The van der Waals surface area contributed by atoms with E-state index in [-0.39, 0.29) is 5.41 Å². The first kappa shape index (κ1) is 31.8. The molecular weight excluding hydrogens is 693 g/mol. The molecule has 11 aromatic rings. The van der Waals surface area contributed by atoms with Crippen molar-refractivity contribution in [3.63, 3.8) is 0 Å². The highest BCUT2D eigenvalue weighted by atomic mass is 32.1. The van der Waals surface area contributed by atoms with Crippen molar-refractivity contribution in [3.8, 4) is 44.5 Å². The second kappa shape index (κ2) is 11.7. The predicted octanol–water partition coefficient (Wildman–Crippen LogP) is 16.0. The minimum absolute atomic E-state index is 0.123. The lowest BCUT2D eigenvalue weighted by Crippen LogP contribution is -2.15. The predicted molar refractivity (Wildman–Crippen MR) is 243 cm³/mol. The van der Waals surface area contributed by atoms with E-state index in [0.717, 1.165) is 0 Å². The Morgan fingerprint density at radius 1 is 0.339 bits per heavy atom. The second-order valence-electron chi connectivity index (χ2n) is 15.9. The molecule has 0 spiro atoms. The van der Waals surface area contributed by atoms with Crippen LogP contribution >= 0.6 is 11.3 Å². The summed E-state index contributed by atoms with van der Waals surface area (Å²) in [7, 11) is 0. The third-order valence-electron chi connectivity index (χ3n) is 12.6. The Balaban J connectivity index is 1.06. The first-order valence-corrected chi connectivity index (χ1v) is 20.4. The molecule has 0 N–H and O–H groups in total. The molecule has 1 aliphatic carbocycles. The highest BCUT2D eigenvalue weighted by Crippen LogP contribution is 2.54. The van der Waals surface area contributed by atoms with Gasteiger partial charge in [0.25, 0.3) is 0 Å². The van der Waals surface area contributed by atoms with Crippen molar-refractivity contribution in [2.75, 3.05) is 0 Å². The monoisotopic (exact) mass is 728 g/mol. The maximum atomic E-state index is 2.47.